The van der Waals surface area contributed by atoms with E-state index in [1.54, 1.807) is 29.2 Å². The van der Waals surface area contributed by atoms with E-state index in [2.05, 4.69) is 15.4 Å². The van der Waals surface area contributed by atoms with E-state index in [1.165, 1.54) is 11.3 Å². The number of para-hydroxylation sites is 1. The Labute approximate surface area is 176 Å². The lowest BCUT2D eigenvalue weighted by Gasteiger charge is -2.05. The van der Waals surface area contributed by atoms with E-state index in [4.69, 9.17) is 16.3 Å². The molecule has 0 aliphatic rings. The van der Waals surface area contributed by atoms with Crippen LogP contribution in [-0.4, -0.2) is 20.7 Å². The fraction of sp³-hybridized carbons (Fsp3) is 0.0952. The van der Waals surface area contributed by atoms with Crippen LogP contribution in [0.2, 0.25) is 5.02 Å². The highest BCUT2D eigenvalue weighted by Crippen LogP contribution is 2.25. The van der Waals surface area contributed by atoms with Crippen LogP contribution in [0.5, 0.6) is 5.75 Å². The number of nitrogens with zero attached hydrogens (tertiary/aromatic N) is 3. The molecule has 0 aliphatic heterocycles. The Bertz CT molecular complexity index is 1110. The van der Waals surface area contributed by atoms with Gasteiger partial charge in [0.15, 0.2) is 0 Å². The number of aromatic nitrogens is 3. The van der Waals surface area contributed by atoms with Crippen LogP contribution >= 0.6 is 22.9 Å². The van der Waals surface area contributed by atoms with Crippen LogP contribution in [0.1, 0.15) is 20.8 Å². The average Bonchev–Trinajstić information content (AvgIpc) is 3.38. The van der Waals surface area contributed by atoms with Crippen LogP contribution < -0.4 is 10.1 Å². The number of anilines is 1. The minimum absolute atomic E-state index is 0.253. The summed E-state index contributed by atoms with van der Waals surface area (Å²) in [6.45, 7) is 0.920. The van der Waals surface area contributed by atoms with Crippen molar-refractivity contribution in [1.29, 1.82) is 0 Å². The van der Waals surface area contributed by atoms with Gasteiger partial charge in [0.1, 0.15) is 18.7 Å². The monoisotopic (exact) mass is 424 g/mol. The number of hydrogen-bond donors (Lipinski definition) is 1. The van der Waals surface area contributed by atoms with E-state index in [0.717, 1.165) is 11.1 Å². The highest BCUT2D eigenvalue weighted by Gasteiger charge is 2.13. The number of benzene rings is 2. The quantitative estimate of drug-likeness (QED) is 0.459. The molecule has 29 heavy (non-hydrogen) atoms. The van der Waals surface area contributed by atoms with E-state index in [-0.39, 0.29) is 11.9 Å². The molecule has 1 N–H and O–H groups in total. The Morgan fingerprint density at radius 2 is 1.90 bits per heavy atom. The van der Waals surface area contributed by atoms with Crippen molar-refractivity contribution in [1.82, 2.24) is 14.8 Å². The van der Waals surface area contributed by atoms with Gasteiger partial charge in [-0.25, -0.2) is 9.67 Å². The van der Waals surface area contributed by atoms with Gasteiger partial charge < -0.3 is 4.74 Å². The minimum Gasteiger partial charge on any atom is -0.487 e. The normalized spacial score (nSPS) is 10.7. The summed E-state index contributed by atoms with van der Waals surface area (Å²) in [4.78, 5) is 17.2. The molecule has 0 aliphatic carbocycles. The van der Waals surface area contributed by atoms with Crippen LogP contribution in [0.15, 0.2) is 72.4 Å². The third-order valence-corrected chi connectivity index (χ3v) is 5.35. The second-order valence-corrected chi connectivity index (χ2v) is 7.56. The molecule has 146 valence electrons. The van der Waals surface area contributed by atoms with Crippen LogP contribution in [-0.2, 0) is 13.2 Å². The van der Waals surface area contributed by atoms with Gasteiger partial charge >= 0.3 is 0 Å². The summed E-state index contributed by atoms with van der Waals surface area (Å²) in [6, 6.07) is 19.0. The molecule has 8 heteroatoms. The molecule has 0 fully saturated rings. The predicted molar refractivity (Wildman–Crippen MR) is 114 cm³/mol. The summed E-state index contributed by atoms with van der Waals surface area (Å²) in [5.41, 5.74) is 2.00. The van der Waals surface area contributed by atoms with E-state index >= 15 is 0 Å². The molecule has 6 nitrogen and oxygen atoms in total. The van der Waals surface area contributed by atoms with Crippen molar-refractivity contribution in [2.75, 3.05) is 5.32 Å². The Morgan fingerprint density at radius 3 is 2.72 bits per heavy atom. The Hall–Kier alpha value is -3.16. The highest BCUT2D eigenvalue weighted by atomic mass is 35.5. The molecule has 0 bridgehead atoms. The molecule has 0 saturated carbocycles. The Kier molecular flexibility index (Phi) is 5.88. The van der Waals surface area contributed by atoms with Crippen molar-refractivity contribution in [2.24, 2.45) is 0 Å². The van der Waals surface area contributed by atoms with Crippen molar-refractivity contribution >= 4 is 34.8 Å². The number of carbonyl (C=O) groups excluding carboxylic acids is 1. The van der Waals surface area contributed by atoms with E-state index in [1.807, 2.05) is 47.8 Å². The van der Waals surface area contributed by atoms with Gasteiger partial charge in [0.2, 0.25) is 5.95 Å². The van der Waals surface area contributed by atoms with Gasteiger partial charge in [0, 0.05) is 5.56 Å². The lowest BCUT2D eigenvalue weighted by atomic mass is 10.2. The lowest BCUT2D eigenvalue weighted by molar-refractivity contribution is 0.102. The molecular formula is C21H17ClN4O2S. The maximum Gasteiger partial charge on any atom is 0.268 e. The molecule has 0 saturated heterocycles. The second-order valence-electron chi connectivity index (χ2n) is 6.24. The molecule has 2 aromatic heterocycles. The summed E-state index contributed by atoms with van der Waals surface area (Å²) < 4.78 is 7.39. The summed E-state index contributed by atoms with van der Waals surface area (Å²) in [5, 5.41) is 9.47. The van der Waals surface area contributed by atoms with Crippen molar-refractivity contribution in [2.45, 2.75) is 13.2 Å². The first-order valence-electron chi connectivity index (χ1n) is 8.87. The lowest BCUT2D eigenvalue weighted by Crippen LogP contribution is -2.12. The number of rotatable bonds is 7. The van der Waals surface area contributed by atoms with Gasteiger partial charge in [0.25, 0.3) is 5.91 Å². The molecule has 0 spiro atoms. The number of carbonyl (C=O) groups is 1. The molecule has 2 heterocycles. The highest BCUT2D eigenvalue weighted by molar-refractivity contribution is 7.12. The van der Waals surface area contributed by atoms with Gasteiger partial charge in [0.05, 0.1) is 16.4 Å². The molecule has 1 amide bonds. The van der Waals surface area contributed by atoms with Gasteiger partial charge in [-0.15, -0.1) is 16.4 Å². The van der Waals surface area contributed by atoms with Crippen molar-refractivity contribution < 1.29 is 9.53 Å². The summed E-state index contributed by atoms with van der Waals surface area (Å²) in [5.74, 6) is 0.629. The van der Waals surface area contributed by atoms with Gasteiger partial charge in [-0.3, -0.25) is 10.1 Å². The van der Waals surface area contributed by atoms with Gasteiger partial charge in [-0.05, 0) is 29.1 Å². The van der Waals surface area contributed by atoms with Gasteiger partial charge in [-0.2, -0.15) is 0 Å². The molecule has 4 rings (SSSR count). The van der Waals surface area contributed by atoms with E-state index in [9.17, 15) is 4.79 Å². The maximum atomic E-state index is 12.5. The average molecular weight is 425 g/mol. The number of halogens is 1. The van der Waals surface area contributed by atoms with Crippen molar-refractivity contribution in [3.05, 3.63) is 93.4 Å². The maximum absolute atomic E-state index is 12.5. The Morgan fingerprint density at radius 1 is 1.10 bits per heavy atom. The molecule has 0 radical (unpaired) electrons. The molecule has 4 aromatic rings. The first-order valence-corrected chi connectivity index (χ1v) is 10.1. The smallest absolute Gasteiger partial charge is 0.268 e. The first-order chi connectivity index (χ1) is 14.2. The zero-order chi connectivity index (χ0) is 20.1. The van der Waals surface area contributed by atoms with Crippen LogP contribution in [0.25, 0.3) is 0 Å². The predicted octanol–water partition coefficient (Wildman–Crippen LogP) is 4.87. The van der Waals surface area contributed by atoms with Crippen LogP contribution in [0.3, 0.4) is 0 Å². The first kappa shape index (κ1) is 19.2. The Balaban J connectivity index is 1.34. The summed E-state index contributed by atoms with van der Waals surface area (Å²) >= 11 is 7.43. The van der Waals surface area contributed by atoms with Crippen LogP contribution in [0, 0.1) is 0 Å². The zero-order valence-corrected chi connectivity index (χ0v) is 16.9. The zero-order valence-electron chi connectivity index (χ0n) is 15.3. The minimum atomic E-state index is -0.253. The number of amides is 1. The molecular weight excluding hydrogens is 408 g/mol. The number of nitrogens with one attached hydrogen (secondary N) is 1. The third-order valence-electron chi connectivity index (χ3n) is 4.06. The SMILES string of the molecule is O=C(Nc1ncn(Cc2ccccc2)n1)c1cc(COc2ccccc2Cl)cs1. The van der Waals surface area contributed by atoms with Gasteiger partial charge in [-0.1, -0.05) is 54.1 Å². The third kappa shape index (κ3) is 5.01. The largest absolute Gasteiger partial charge is 0.487 e. The molecule has 2 aromatic carbocycles. The topological polar surface area (TPSA) is 69.0 Å². The summed E-state index contributed by atoms with van der Waals surface area (Å²) in [6.07, 6.45) is 1.60. The van der Waals surface area contributed by atoms with E-state index in [0.29, 0.717) is 28.8 Å². The van der Waals surface area contributed by atoms with Crippen LogP contribution in [0.4, 0.5) is 5.95 Å². The number of thiophene rings is 1. The summed E-state index contributed by atoms with van der Waals surface area (Å²) in [7, 11) is 0. The van der Waals surface area contributed by atoms with Crippen molar-refractivity contribution in [3.63, 3.8) is 0 Å². The van der Waals surface area contributed by atoms with Crippen molar-refractivity contribution in [3.8, 4) is 5.75 Å². The van der Waals surface area contributed by atoms with E-state index < -0.39 is 0 Å². The second kappa shape index (κ2) is 8.89. The number of hydrogen-bond acceptors (Lipinski definition) is 5. The standard InChI is InChI=1S/C21H17ClN4O2S/c22-17-8-4-5-9-18(17)28-12-16-10-19(29-13-16)20(27)24-21-23-14-26(25-21)11-15-6-2-1-3-7-15/h1-10,13-14H,11-12H2,(H,24,25,27). The fourth-order valence-electron chi connectivity index (χ4n) is 2.65. The fourth-order valence-corrected chi connectivity index (χ4v) is 3.64. The molecule has 0 atom stereocenters. The number of ether oxygens (including phenoxy) is 1. The molecule has 0 unspecified atom stereocenters.